The highest BCUT2D eigenvalue weighted by atomic mass is 16.6. The Morgan fingerprint density at radius 1 is 1.30 bits per heavy atom. The van der Waals surface area contributed by atoms with Gasteiger partial charge in [-0.3, -0.25) is 14.9 Å². The van der Waals surface area contributed by atoms with Gasteiger partial charge >= 0.3 is 0 Å². The standard InChI is InChI=1S/C14H21N3O3/c1-3-4-5-6-9-16-14(18)11-7-8-12(15-2)13(10-11)17(19)20/h7-8,10,15H,3-6,9H2,1-2H3,(H,16,18). The molecule has 0 radical (unpaired) electrons. The molecule has 1 aromatic carbocycles. The van der Waals surface area contributed by atoms with Gasteiger partial charge in [0.05, 0.1) is 4.92 Å². The van der Waals surface area contributed by atoms with Crippen LogP contribution in [0.4, 0.5) is 11.4 Å². The summed E-state index contributed by atoms with van der Waals surface area (Å²) in [6.07, 6.45) is 4.30. The molecule has 0 fully saturated rings. The summed E-state index contributed by atoms with van der Waals surface area (Å²) in [4.78, 5) is 22.3. The van der Waals surface area contributed by atoms with E-state index < -0.39 is 4.92 Å². The van der Waals surface area contributed by atoms with E-state index in [9.17, 15) is 14.9 Å². The highest BCUT2D eigenvalue weighted by molar-refractivity contribution is 5.95. The van der Waals surface area contributed by atoms with Gasteiger partial charge in [0.15, 0.2) is 0 Å². The van der Waals surface area contributed by atoms with Crippen LogP contribution >= 0.6 is 0 Å². The van der Waals surface area contributed by atoms with Crippen LogP contribution in [0.15, 0.2) is 18.2 Å². The van der Waals surface area contributed by atoms with Crippen molar-refractivity contribution in [2.75, 3.05) is 18.9 Å². The second-order valence-electron chi connectivity index (χ2n) is 4.56. The Labute approximate surface area is 118 Å². The third-order valence-electron chi connectivity index (χ3n) is 3.04. The number of nitrogens with one attached hydrogen (secondary N) is 2. The zero-order chi connectivity index (χ0) is 15.0. The number of benzene rings is 1. The molecule has 0 unspecified atom stereocenters. The number of anilines is 1. The van der Waals surface area contributed by atoms with E-state index in [-0.39, 0.29) is 11.6 Å². The van der Waals surface area contributed by atoms with E-state index >= 15 is 0 Å². The lowest BCUT2D eigenvalue weighted by molar-refractivity contribution is -0.384. The van der Waals surface area contributed by atoms with Crippen LogP contribution in [0, 0.1) is 10.1 Å². The van der Waals surface area contributed by atoms with Crippen molar-refractivity contribution < 1.29 is 9.72 Å². The molecule has 1 amide bonds. The third-order valence-corrected chi connectivity index (χ3v) is 3.04. The average molecular weight is 279 g/mol. The molecule has 20 heavy (non-hydrogen) atoms. The minimum absolute atomic E-state index is 0.0915. The summed E-state index contributed by atoms with van der Waals surface area (Å²) in [5, 5.41) is 16.4. The predicted octanol–water partition coefficient (Wildman–Crippen LogP) is 2.95. The zero-order valence-electron chi connectivity index (χ0n) is 11.9. The van der Waals surface area contributed by atoms with Crippen molar-refractivity contribution in [2.24, 2.45) is 0 Å². The Bertz CT molecular complexity index is 475. The lowest BCUT2D eigenvalue weighted by Gasteiger charge is -2.07. The first-order chi connectivity index (χ1) is 9.60. The van der Waals surface area contributed by atoms with Gasteiger partial charge in [-0.15, -0.1) is 0 Å². The third kappa shape index (κ3) is 4.53. The minimum Gasteiger partial charge on any atom is -0.383 e. The van der Waals surface area contributed by atoms with Gasteiger partial charge in [0.1, 0.15) is 5.69 Å². The summed E-state index contributed by atoms with van der Waals surface area (Å²) in [6.45, 7) is 2.72. The first-order valence-corrected chi connectivity index (χ1v) is 6.84. The minimum atomic E-state index is -0.496. The van der Waals surface area contributed by atoms with Crippen molar-refractivity contribution in [2.45, 2.75) is 32.6 Å². The number of rotatable bonds is 8. The number of unbranched alkanes of at least 4 members (excludes halogenated alkanes) is 3. The van der Waals surface area contributed by atoms with Crippen molar-refractivity contribution in [3.05, 3.63) is 33.9 Å². The van der Waals surface area contributed by atoms with E-state index in [1.54, 1.807) is 19.2 Å². The number of hydrogen-bond acceptors (Lipinski definition) is 4. The summed E-state index contributed by atoms with van der Waals surface area (Å²) in [6, 6.07) is 4.43. The van der Waals surface area contributed by atoms with Gasteiger partial charge in [-0.25, -0.2) is 0 Å². The topological polar surface area (TPSA) is 84.3 Å². The quantitative estimate of drug-likeness (QED) is 0.435. The van der Waals surface area contributed by atoms with Gasteiger partial charge < -0.3 is 10.6 Å². The Kier molecular flexibility index (Phi) is 6.49. The molecule has 0 aliphatic carbocycles. The molecule has 0 atom stereocenters. The number of nitro benzene ring substituents is 1. The van der Waals surface area contributed by atoms with Crippen LogP contribution in [0.2, 0.25) is 0 Å². The second kappa shape index (κ2) is 8.14. The maximum absolute atomic E-state index is 11.9. The summed E-state index contributed by atoms with van der Waals surface area (Å²) >= 11 is 0. The van der Waals surface area contributed by atoms with E-state index in [1.807, 2.05) is 0 Å². The van der Waals surface area contributed by atoms with Crippen molar-refractivity contribution in [3.8, 4) is 0 Å². The second-order valence-corrected chi connectivity index (χ2v) is 4.56. The lowest BCUT2D eigenvalue weighted by atomic mass is 10.1. The molecule has 0 aliphatic rings. The molecule has 110 valence electrons. The zero-order valence-corrected chi connectivity index (χ0v) is 11.9. The maximum Gasteiger partial charge on any atom is 0.293 e. The normalized spacial score (nSPS) is 10.1. The SMILES string of the molecule is CCCCCCNC(=O)c1ccc(NC)c([N+](=O)[O-])c1. The number of hydrogen-bond donors (Lipinski definition) is 2. The molecule has 6 nitrogen and oxygen atoms in total. The molecule has 2 N–H and O–H groups in total. The fraction of sp³-hybridized carbons (Fsp3) is 0.500. The summed E-state index contributed by atoms with van der Waals surface area (Å²) in [5.41, 5.74) is 0.617. The number of nitro groups is 1. The number of carbonyl (C=O) groups is 1. The fourth-order valence-electron chi connectivity index (χ4n) is 1.89. The van der Waals surface area contributed by atoms with Gasteiger partial charge in [-0.1, -0.05) is 26.2 Å². The first-order valence-electron chi connectivity index (χ1n) is 6.84. The molecule has 1 aromatic rings. The van der Waals surface area contributed by atoms with E-state index in [0.29, 0.717) is 17.8 Å². The molecular weight excluding hydrogens is 258 g/mol. The number of nitrogens with zero attached hydrogens (tertiary/aromatic N) is 1. The molecule has 0 saturated heterocycles. The van der Waals surface area contributed by atoms with Crippen LogP contribution in [0.1, 0.15) is 43.0 Å². The Morgan fingerprint density at radius 3 is 2.65 bits per heavy atom. The average Bonchev–Trinajstić information content (AvgIpc) is 2.46. The van der Waals surface area contributed by atoms with Gasteiger partial charge in [0.2, 0.25) is 0 Å². The van der Waals surface area contributed by atoms with Crippen molar-refractivity contribution >= 4 is 17.3 Å². The molecule has 0 bridgehead atoms. The van der Waals surface area contributed by atoms with E-state index in [0.717, 1.165) is 25.7 Å². The largest absolute Gasteiger partial charge is 0.383 e. The van der Waals surface area contributed by atoms with Crippen molar-refractivity contribution in [1.29, 1.82) is 0 Å². The van der Waals surface area contributed by atoms with Crippen molar-refractivity contribution in [1.82, 2.24) is 5.32 Å². The lowest BCUT2D eigenvalue weighted by Crippen LogP contribution is -2.24. The van der Waals surface area contributed by atoms with Crippen LogP contribution in [0.25, 0.3) is 0 Å². The highest BCUT2D eigenvalue weighted by Crippen LogP contribution is 2.24. The predicted molar refractivity (Wildman–Crippen MR) is 79.1 cm³/mol. The highest BCUT2D eigenvalue weighted by Gasteiger charge is 2.16. The Balaban J connectivity index is 2.64. The summed E-state index contributed by atoms with van der Waals surface area (Å²) in [7, 11) is 1.61. The van der Waals surface area contributed by atoms with Gasteiger partial charge in [-0.05, 0) is 18.6 Å². The molecule has 0 spiro atoms. The fourth-order valence-corrected chi connectivity index (χ4v) is 1.89. The molecule has 1 rings (SSSR count). The van der Waals surface area contributed by atoms with Crippen molar-refractivity contribution in [3.63, 3.8) is 0 Å². The van der Waals surface area contributed by atoms with Crippen LogP contribution in [0.5, 0.6) is 0 Å². The Hall–Kier alpha value is -2.11. The van der Waals surface area contributed by atoms with Gasteiger partial charge in [0.25, 0.3) is 11.6 Å². The molecule has 0 heterocycles. The molecule has 0 aromatic heterocycles. The Morgan fingerprint density at radius 2 is 2.05 bits per heavy atom. The molecular formula is C14H21N3O3. The van der Waals surface area contributed by atoms with E-state index in [2.05, 4.69) is 17.6 Å². The van der Waals surface area contributed by atoms with Crippen LogP contribution in [-0.2, 0) is 0 Å². The summed E-state index contributed by atoms with van der Waals surface area (Å²) in [5.74, 6) is -0.271. The monoisotopic (exact) mass is 279 g/mol. The van der Waals surface area contributed by atoms with Gasteiger partial charge in [0, 0.05) is 25.2 Å². The molecule has 6 heteroatoms. The van der Waals surface area contributed by atoms with E-state index in [4.69, 9.17) is 0 Å². The molecule has 0 saturated carbocycles. The number of amides is 1. The summed E-state index contributed by atoms with van der Waals surface area (Å²) < 4.78 is 0. The van der Waals surface area contributed by atoms with Crippen LogP contribution in [0.3, 0.4) is 0 Å². The first kappa shape index (κ1) is 15.9. The van der Waals surface area contributed by atoms with Crippen LogP contribution in [-0.4, -0.2) is 24.4 Å². The maximum atomic E-state index is 11.9. The molecule has 0 aliphatic heterocycles. The van der Waals surface area contributed by atoms with Crippen LogP contribution < -0.4 is 10.6 Å². The van der Waals surface area contributed by atoms with E-state index in [1.165, 1.54) is 6.07 Å². The number of carbonyl (C=O) groups excluding carboxylic acids is 1. The smallest absolute Gasteiger partial charge is 0.293 e. The van der Waals surface area contributed by atoms with Gasteiger partial charge in [-0.2, -0.15) is 0 Å².